The largest absolute Gasteiger partial charge is 0.491 e. The molecule has 0 saturated carbocycles. The Morgan fingerprint density at radius 3 is 2.17 bits per heavy atom. The second-order valence-corrected chi connectivity index (χ2v) is 18.1. The molecule has 4 aliphatic heterocycles. The molecule has 1 spiro atoms. The summed E-state index contributed by atoms with van der Waals surface area (Å²) in [7, 11) is 1.21. The van der Waals surface area contributed by atoms with Crippen LogP contribution in [0, 0.1) is 23.7 Å². The van der Waals surface area contributed by atoms with Crippen LogP contribution in [0.3, 0.4) is 0 Å². The fourth-order valence-electron chi connectivity index (χ4n) is 10.7. The Labute approximate surface area is 401 Å². The molecule has 7 atom stereocenters. The molecule has 7 unspecified atom stereocenters. The Morgan fingerprint density at radius 1 is 0.870 bits per heavy atom. The van der Waals surface area contributed by atoms with E-state index in [-0.39, 0.29) is 36.8 Å². The van der Waals surface area contributed by atoms with Crippen molar-refractivity contribution in [1.29, 1.82) is 0 Å². The first-order valence-electron chi connectivity index (χ1n) is 23.5. The molecular formula is C53H58N6O10. The van der Waals surface area contributed by atoms with Crippen LogP contribution in [0.25, 0.3) is 0 Å². The van der Waals surface area contributed by atoms with Crippen LogP contribution in [0.2, 0.25) is 0 Å². The number of hydrogen-bond acceptors (Lipinski definition) is 11. The second-order valence-electron chi connectivity index (χ2n) is 18.1. The molecule has 5 N–H and O–H groups in total. The maximum atomic E-state index is 16.8. The number of fused-ring (bicyclic) bond motifs is 3. The maximum Gasteiger partial charge on any atom is 0.329 e. The number of primary amides is 1. The highest BCUT2D eigenvalue weighted by Gasteiger charge is 2.76. The van der Waals surface area contributed by atoms with Crippen molar-refractivity contribution in [2.45, 2.75) is 81.6 Å². The number of carbonyl (C=O) groups is 6. The van der Waals surface area contributed by atoms with Gasteiger partial charge in [-0.15, -0.1) is 0 Å². The number of ether oxygens (including phenoxy) is 3. The minimum Gasteiger partial charge on any atom is -0.491 e. The van der Waals surface area contributed by atoms with Crippen molar-refractivity contribution in [3.63, 3.8) is 0 Å². The highest BCUT2D eigenvalue weighted by molar-refractivity contribution is 6.25. The molecule has 4 aromatic rings. The average molecular weight is 939 g/mol. The summed E-state index contributed by atoms with van der Waals surface area (Å²) in [6, 6.07) is 24.1. The van der Waals surface area contributed by atoms with Crippen LogP contribution in [0.1, 0.15) is 92.0 Å². The number of nitrogens with two attached hydrogens (primary N) is 1. The number of aliphatic hydroxyl groups is 1. The van der Waals surface area contributed by atoms with Crippen LogP contribution in [0.15, 0.2) is 103 Å². The van der Waals surface area contributed by atoms with E-state index in [0.717, 1.165) is 29.7 Å². The molecule has 0 aromatic heterocycles. The highest BCUT2D eigenvalue weighted by atomic mass is 16.6. The summed E-state index contributed by atoms with van der Waals surface area (Å²) < 4.78 is 18.0. The Kier molecular flexibility index (Phi) is 14.7. The van der Waals surface area contributed by atoms with E-state index in [1.165, 1.54) is 7.11 Å². The maximum absolute atomic E-state index is 16.8. The first-order valence-corrected chi connectivity index (χ1v) is 23.5. The number of nitrogens with zero attached hydrogens (tertiary/aromatic N) is 3. The lowest BCUT2D eigenvalue weighted by atomic mass is 9.64. The fraction of sp³-hybridized carbons (Fsp3) is 0.396. The van der Waals surface area contributed by atoms with E-state index < -0.39 is 83.3 Å². The zero-order chi connectivity index (χ0) is 48.8. The zero-order valence-electron chi connectivity index (χ0n) is 39.0. The van der Waals surface area contributed by atoms with Crippen LogP contribution in [-0.2, 0) is 34.1 Å². The van der Waals surface area contributed by atoms with Crippen LogP contribution in [-0.4, -0.2) is 103 Å². The molecule has 0 radical (unpaired) electrons. The minimum absolute atomic E-state index is 0.0963. The van der Waals surface area contributed by atoms with Gasteiger partial charge in [-0.1, -0.05) is 124 Å². The molecule has 8 rings (SSSR count). The van der Waals surface area contributed by atoms with Gasteiger partial charge in [0.2, 0.25) is 11.8 Å². The first kappa shape index (κ1) is 48.2. The second kappa shape index (κ2) is 21.0. The Hall–Kier alpha value is -7.22. The molecule has 4 heterocycles. The van der Waals surface area contributed by atoms with Crippen molar-refractivity contribution in [2.75, 3.05) is 44.9 Å². The predicted octanol–water partition coefficient (Wildman–Crippen LogP) is 5.44. The Morgan fingerprint density at radius 2 is 1.52 bits per heavy atom. The number of anilines is 1. The lowest BCUT2D eigenvalue weighted by Gasteiger charge is -2.46. The smallest absolute Gasteiger partial charge is 0.329 e. The van der Waals surface area contributed by atoms with E-state index in [1.54, 1.807) is 61.2 Å². The van der Waals surface area contributed by atoms with Gasteiger partial charge in [0.25, 0.3) is 0 Å². The average Bonchev–Trinajstić information content (AvgIpc) is 3.80. The van der Waals surface area contributed by atoms with Gasteiger partial charge in [-0.05, 0) is 59.7 Å². The van der Waals surface area contributed by atoms with Crippen molar-refractivity contribution >= 4 is 41.5 Å². The van der Waals surface area contributed by atoms with E-state index >= 15 is 19.2 Å². The lowest BCUT2D eigenvalue weighted by molar-refractivity contribution is -0.179. The van der Waals surface area contributed by atoms with E-state index in [1.807, 2.05) is 65.6 Å². The van der Waals surface area contributed by atoms with Gasteiger partial charge >= 0.3 is 24.0 Å². The van der Waals surface area contributed by atoms with Crippen molar-refractivity contribution in [3.05, 3.63) is 131 Å². The van der Waals surface area contributed by atoms with Gasteiger partial charge < -0.3 is 40.6 Å². The number of morpholine rings is 1. The van der Waals surface area contributed by atoms with Crippen LogP contribution in [0.5, 0.6) is 5.75 Å². The third-order valence-electron chi connectivity index (χ3n) is 13.6. The standard InChI is InChI=1S/C53H58N6O10/c1-33(2)42(48(62)67-3)56-52(66)58-39-26-25-34(18-17-27-55-51(54)65)32-38(39)53(50(58)64)41(47(61)57-28-15-5-4-6-16-29-57)44-49(63)69-45(36-21-11-8-12-22-36)43(35-19-9-7-10-20-35)59(44)46(53)37-23-13-14-24-40(37)68-31-30-60/h7-14,19-26,32-33,41-46,60H,4-6,15-16,27-31H2,1-3H3,(H,56,66)(H3,54,55,65). The van der Waals surface area contributed by atoms with Crippen molar-refractivity contribution in [2.24, 2.45) is 17.6 Å². The summed E-state index contributed by atoms with van der Waals surface area (Å²) in [4.78, 5) is 93.2. The molecule has 360 valence electrons. The molecule has 6 amide bonds. The van der Waals surface area contributed by atoms with Gasteiger partial charge in [0.05, 0.1) is 44.0 Å². The Balaban J connectivity index is 1.48. The molecule has 4 aromatic carbocycles. The van der Waals surface area contributed by atoms with Crippen LogP contribution in [0.4, 0.5) is 15.3 Å². The van der Waals surface area contributed by atoms with E-state index in [4.69, 9.17) is 19.9 Å². The number of imide groups is 1. The molecule has 0 bridgehead atoms. The monoisotopic (exact) mass is 938 g/mol. The number of amides is 6. The first-order chi connectivity index (χ1) is 33.4. The van der Waals surface area contributed by atoms with Crippen molar-refractivity contribution in [3.8, 4) is 17.6 Å². The number of nitrogens with one attached hydrogen (secondary N) is 2. The molecule has 3 saturated heterocycles. The lowest BCUT2D eigenvalue weighted by Crippen LogP contribution is -2.58. The normalized spacial score (nSPS) is 23.6. The van der Waals surface area contributed by atoms with Crippen molar-refractivity contribution < 1.29 is 48.1 Å². The third kappa shape index (κ3) is 9.12. The number of urea groups is 2. The number of aliphatic hydroxyl groups excluding tert-OH is 1. The summed E-state index contributed by atoms with van der Waals surface area (Å²) in [5, 5.41) is 15.3. The summed E-state index contributed by atoms with van der Waals surface area (Å²) in [5.74, 6) is 1.44. The number of benzene rings is 4. The van der Waals surface area contributed by atoms with E-state index in [2.05, 4.69) is 22.5 Å². The number of hydrogen-bond donors (Lipinski definition) is 4. The highest BCUT2D eigenvalue weighted by Crippen LogP contribution is 2.67. The number of cyclic esters (lactones) is 1. The SMILES string of the molecule is COC(=O)C(NC(=O)N1C(=O)C2(c3cc(C#CCNC(N)=O)ccc31)C(C(=O)N1CCCCCCC1)C1C(=O)OC(c3ccccc3)C(c3ccccc3)N1C2c1ccccc1OCCO)C(C)C. The van der Waals surface area contributed by atoms with Crippen LogP contribution < -0.4 is 26.0 Å². The summed E-state index contributed by atoms with van der Waals surface area (Å²) in [5.41, 5.74) is 5.67. The van der Waals surface area contributed by atoms with Gasteiger partial charge in [0.15, 0.2) is 0 Å². The predicted molar refractivity (Wildman–Crippen MR) is 254 cm³/mol. The molecule has 16 heteroatoms. The third-order valence-corrected chi connectivity index (χ3v) is 13.6. The minimum atomic E-state index is -2.13. The number of carbonyl (C=O) groups excluding carboxylic acids is 6. The fourth-order valence-corrected chi connectivity index (χ4v) is 10.7. The topological polar surface area (TPSA) is 210 Å². The molecule has 3 fully saturated rings. The number of para-hydroxylation sites is 1. The van der Waals surface area contributed by atoms with Crippen molar-refractivity contribution in [1.82, 2.24) is 20.4 Å². The van der Waals surface area contributed by atoms with Gasteiger partial charge in [-0.25, -0.2) is 19.3 Å². The quantitative estimate of drug-likeness (QED) is 0.110. The summed E-state index contributed by atoms with van der Waals surface area (Å²) in [6.45, 7) is 3.60. The Bertz CT molecular complexity index is 2630. The molecule has 0 aliphatic carbocycles. The van der Waals surface area contributed by atoms with Gasteiger partial charge in [-0.3, -0.25) is 19.3 Å². The van der Waals surface area contributed by atoms with E-state index in [9.17, 15) is 14.7 Å². The van der Waals surface area contributed by atoms with E-state index in [0.29, 0.717) is 42.6 Å². The molecular weight excluding hydrogens is 881 g/mol. The van der Waals surface area contributed by atoms with Gasteiger partial charge in [-0.2, -0.15) is 0 Å². The number of esters is 2. The molecule has 4 aliphatic rings. The number of methoxy groups -OCH3 is 1. The summed E-state index contributed by atoms with van der Waals surface area (Å²) >= 11 is 0. The molecule has 69 heavy (non-hydrogen) atoms. The number of rotatable bonds is 11. The van der Waals surface area contributed by atoms with Gasteiger partial charge in [0, 0.05) is 24.2 Å². The number of likely N-dealkylation sites (tertiary alicyclic amines) is 1. The van der Waals surface area contributed by atoms with Crippen LogP contribution >= 0.6 is 0 Å². The summed E-state index contributed by atoms with van der Waals surface area (Å²) in [6.07, 6.45) is 3.18. The van der Waals surface area contributed by atoms with Gasteiger partial charge in [0.1, 0.15) is 36.0 Å². The zero-order valence-corrected chi connectivity index (χ0v) is 39.0. The molecule has 16 nitrogen and oxygen atoms in total.